The zero-order valence-electron chi connectivity index (χ0n) is 7.04. The van der Waals surface area contributed by atoms with E-state index < -0.39 is 0 Å². The minimum Gasteiger partial charge on any atom is -0.473 e. The first kappa shape index (κ1) is 9.22. The normalized spacial score (nSPS) is 9.83. The number of nitrogens with two attached hydrogens (primary N) is 1. The highest BCUT2D eigenvalue weighted by molar-refractivity contribution is 7.14. The zero-order valence-corrected chi connectivity index (χ0v) is 7.86. The summed E-state index contributed by atoms with van der Waals surface area (Å²) >= 11 is 1.49. The molecule has 0 saturated carbocycles. The summed E-state index contributed by atoms with van der Waals surface area (Å²) in [6.07, 6.45) is 2.58. The van der Waals surface area contributed by atoms with Gasteiger partial charge < -0.3 is 10.5 Å². The van der Waals surface area contributed by atoms with Crippen LogP contribution < -0.4 is 10.5 Å². The molecule has 66 valence electrons. The van der Waals surface area contributed by atoms with E-state index >= 15 is 0 Å². The van der Waals surface area contributed by atoms with Crippen molar-refractivity contribution < 1.29 is 4.74 Å². The Morgan fingerprint density at radius 2 is 2.58 bits per heavy atom. The lowest BCUT2D eigenvalue weighted by molar-refractivity contribution is 0.412. The van der Waals surface area contributed by atoms with Crippen LogP contribution in [0.5, 0.6) is 5.19 Å². The number of nitrogens with zero attached hydrogens (tertiary/aromatic N) is 1. The highest BCUT2D eigenvalue weighted by Gasteiger charge is 2.03. The van der Waals surface area contributed by atoms with Crippen molar-refractivity contribution in [1.82, 2.24) is 4.98 Å². The fraction of sp³-hybridized carbons (Fsp3) is 0.375. The van der Waals surface area contributed by atoms with Gasteiger partial charge in [-0.1, -0.05) is 17.9 Å². The number of ether oxygens (including phenoxy) is 1. The standard InChI is InChI=1S/C8H12N2OS/c1-6(3-4-9)7-5-10-8(11-2)12-7/h5H,1,3-4,9H2,2H3. The molecule has 1 aromatic rings. The van der Waals surface area contributed by atoms with Crippen LogP contribution in [0.4, 0.5) is 0 Å². The largest absolute Gasteiger partial charge is 0.473 e. The van der Waals surface area contributed by atoms with Crippen LogP contribution in [0.25, 0.3) is 5.57 Å². The van der Waals surface area contributed by atoms with E-state index in [1.54, 1.807) is 13.3 Å². The van der Waals surface area contributed by atoms with Gasteiger partial charge in [0, 0.05) is 6.20 Å². The van der Waals surface area contributed by atoms with E-state index in [9.17, 15) is 0 Å². The van der Waals surface area contributed by atoms with E-state index in [-0.39, 0.29) is 0 Å². The van der Waals surface area contributed by atoms with Crippen LogP contribution in [0, 0.1) is 0 Å². The maximum atomic E-state index is 5.40. The van der Waals surface area contributed by atoms with E-state index in [0.29, 0.717) is 11.7 Å². The van der Waals surface area contributed by atoms with Crippen molar-refractivity contribution in [2.45, 2.75) is 6.42 Å². The number of hydrogen-bond acceptors (Lipinski definition) is 4. The summed E-state index contributed by atoms with van der Waals surface area (Å²) in [4.78, 5) is 5.09. The predicted octanol–water partition coefficient (Wildman–Crippen LogP) is 1.51. The molecule has 0 aliphatic rings. The molecule has 2 N–H and O–H groups in total. The molecule has 1 rings (SSSR count). The third-order valence-corrected chi connectivity index (χ3v) is 2.51. The molecule has 4 heteroatoms. The van der Waals surface area contributed by atoms with Gasteiger partial charge >= 0.3 is 0 Å². The molecule has 12 heavy (non-hydrogen) atoms. The van der Waals surface area contributed by atoms with E-state index in [1.165, 1.54) is 11.3 Å². The molecule has 0 amide bonds. The highest BCUT2D eigenvalue weighted by Crippen LogP contribution is 2.26. The first-order valence-electron chi connectivity index (χ1n) is 3.66. The quantitative estimate of drug-likeness (QED) is 0.771. The second-order valence-corrected chi connectivity index (χ2v) is 3.33. The van der Waals surface area contributed by atoms with Gasteiger partial charge in [0.05, 0.1) is 12.0 Å². The summed E-state index contributed by atoms with van der Waals surface area (Å²) in [6, 6.07) is 0. The fourth-order valence-corrected chi connectivity index (χ4v) is 1.54. The number of rotatable bonds is 4. The molecule has 0 aromatic carbocycles. The third-order valence-electron chi connectivity index (χ3n) is 1.45. The van der Waals surface area contributed by atoms with Crippen molar-refractivity contribution in [1.29, 1.82) is 0 Å². The molecule has 1 aromatic heterocycles. The Hall–Kier alpha value is -0.870. The maximum absolute atomic E-state index is 5.40. The molecular weight excluding hydrogens is 172 g/mol. The van der Waals surface area contributed by atoms with Crippen molar-refractivity contribution >= 4 is 16.9 Å². The van der Waals surface area contributed by atoms with E-state index in [2.05, 4.69) is 11.6 Å². The van der Waals surface area contributed by atoms with Crippen molar-refractivity contribution in [3.8, 4) is 5.19 Å². The number of thiazole rings is 1. The lowest BCUT2D eigenvalue weighted by atomic mass is 10.2. The molecule has 0 aliphatic carbocycles. The Balaban J connectivity index is 2.68. The van der Waals surface area contributed by atoms with Gasteiger partial charge in [0.1, 0.15) is 0 Å². The first-order chi connectivity index (χ1) is 5.77. The van der Waals surface area contributed by atoms with E-state index in [1.807, 2.05) is 0 Å². The summed E-state index contributed by atoms with van der Waals surface area (Å²) in [7, 11) is 1.61. The number of aromatic nitrogens is 1. The molecule has 0 saturated heterocycles. The maximum Gasteiger partial charge on any atom is 0.273 e. The summed E-state index contributed by atoms with van der Waals surface area (Å²) in [5.41, 5.74) is 6.42. The van der Waals surface area contributed by atoms with Gasteiger partial charge in [-0.15, -0.1) is 0 Å². The zero-order chi connectivity index (χ0) is 8.97. The fourth-order valence-electron chi connectivity index (χ4n) is 0.813. The summed E-state index contributed by atoms with van der Waals surface area (Å²) < 4.78 is 4.96. The minimum absolute atomic E-state index is 0.624. The Morgan fingerprint density at radius 1 is 1.83 bits per heavy atom. The SMILES string of the molecule is C=C(CCN)c1cnc(OC)s1. The summed E-state index contributed by atoms with van der Waals surface area (Å²) in [6.45, 7) is 4.52. The molecule has 0 unspecified atom stereocenters. The smallest absolute Gasteiger partial charge is 0.273 e. The summed E-state index contributed by atoms with van der Waals surface area (Å²) in [5, 5.41) is 0.670. The monoisotopic (exact) mass is 184 g/mol. The number of methoxy groups -OCH3 is 1. The predicted molar refractivity (Wildman–Crippen MR) is 51.4 cm³/mol. The summed E-state index contributed by atoms with van der Waals surface area (Å²) in [5.74, 6) is 0. The molecule has 0 spiro atoms. The Morgan fingerprint density at radius 3 is 3.08 bits per heavy atom. The van der Waals surface area contributed by atoms with E-state index in [4.69, 9.17) is 10.5 Å². The lowest BCUT2D eigenvalue weighted by Gasteiger charge is -1.96. The van der Waals surface area contributed by atoms with Crippen LogP contribution in [0.1, 0.15) is 11.3 Å². The van der Waals surface area contributed by atoms with Crippen molar-refractivity contribution in [2.75, 3.05) is 13.7 Å². The molecule has 0 bridgehead atoms. The minimum atomic E-state index is 0.624. The van der Waals surface area contributed by atoms with E-state index in [0.717, 1.165) is 16.9 Å². The Bertz CT molecular complexity index is 270. The second-order valence-electron chi connectivity index (χ2n) is 2.34. The Kier molecular flexibility index (Phi) is 3.25. The van der Waals surface area contributed by atoms with Crippen molar-refractivity contribution in [3.05, 3.63) is 17.7 Å². The number of hydrogen-bond donors (Lipinski definition) is 1. The van der Waals surface area contributed by atoms with Crippen LogP contribution >= 0.6 is 11.3 Å². The van der Waals surface area contributed by atoms with Crippen LogP contribution in [0.2, 0.25) is 0 Å². The first-order valence-corrected chi connectivity index (χ1v) is 4.47. The van der Waals surface area contributed by atoms with Crippen molar-refractivity contribution in [2.24, 2.45) is 5.73 Å². The van der Waals surface area contributed by atoms with Crippen LogP contribution in [0.15, 0.2) is 12.8 Å². The Labute approximate surface area is 75.9 Å². The average molecular weight is 184 g/mol. The third kappa shape index (κ3) is 2.06. The van der Waals surface area contributed by atoms with Crippen LogP contribution in [-0.4, -0.2) is 18.6 Å². The molecule has 0 fully saturated rings. The molecule has 3 nitrogen and oxygen atoms in total. The lowest BCUT2D eigenvalue weighted by Crippen LogP contribution is -1.98. The highest BCUT2D eigenvalue weighted by atomic mass is 32.1. The van der Waals surface area contributed by atoms with Crippen LogP contribution in [0.3, 0.4) is 0 Å². The molecule has 0 atom stereocenters. The molecule has 0 radical (unpaired) electrons. The van der Waals surface area contributed by atoms with Gasteiger partial charge in [0.2, 0.25) is 0 Å². The van der Waals surface area contributed by atoms with Gasteiger partial charge in [-0.25, -0.2) is 4.98 Å². The molecule has 1 heterocycles. The van der Waals surface area contributed by atoms with Gasteiger partial charge in [-0.3, -0.25) is 0 Å². The van der Waals surface area contributed by atoms with Gasteiger partial charge in [0.25, 0.3) is 5.19 Å². The van der Waals surface area contributed by atoms with Crippen molar-refractivity contribution in [3.63, 3.8) is 0 Å². The molecular formula is C8H12N2OS. The molecule has 0 aliphatic heterocycles. The average Bonchev–Trinajstić information content (AvgIpc) is 2.52. The van der Waals surface area contributed by atoms with Crippen LogP contribution in [-0.2, 0) is 0 Å². The second kappa shape index (κ2) is 4.23. The van der Waals surface area contributed by atoms with Gasteiger partial charge in [-0.2, -0.15) is 0 Å². The van der Waals surface area contributed by atoms with Gasteiger partial charge in [0.15, 0.2) is 0 Å². The topological polar surface area (TPSA) is 48.1 Å². The van der Waals surface area contributed by atoms with Gasteiger partial charge in [-0.05, 0) is 18.5 Å².